The quantitative estimate of drug-likeness (QED) is 0.289. The van der Waals surface area contributed by atoms with Gasteiger partial charge in [-0.25, -0.2) is 13.2 Å². The molecule has 0 aromatic carbocycles. The molecular formula is C26H26ClF3N4O3. The molecule has 0 saturated heterocycles. The fraction of sp³-hybridized carbons (Fsp3) is 0.269. The van der Waals surface area contributed by atoms with E-state index in [9.17, 15) is 23.1 Å². The maximum absolute atomic E-state index is 14.6. The molecule has 0 fully saturated rings. The number of allylic oxidation sites excluding steroid dienone is 3. The molecule has 0 amide bonds. The van der Waals surface area contributed by atoms with E-state index in [2.05, 4.69) is 16.6 Å². The van der Waals surface area contributed by atoms with Gasteiger partial charge in [0.2, 0.25) is 0 Å². The van der Waals surface area contributed by atoms with Crippen molar-refractivity contribution < 1.29 is 23.0 Å². The number of aliphatic hydroxyl groups is 1. The third kappa shape index (κ3) is 6.58. The number of ether oxygens (including phenoxy) is 1. The molecule has 196 valence electrons. The van der Waals surface area contributed by atoms with Crippen molar-refractivity contribution in [2.24, 2.45) is 4.99 Å². The molecule has 0 aliphatic carbocycles. The smallest absolute Gasteiger partial charge is 0.277 e. The SMILES string of the molecule is C=C(F)/C(=C(C)\C=N/Cn1ccc(C(C)(C)O)c1)n1c(C)cc(OCc2ncc(F)cc2F)c(Cl)c1=O. The first kappa shape index (κ1) is 27.9. The molecule has 1 N–H and O–H groups in total. The van der Waals surface area contributed by atoms with Gasteiger partial charge in [0.15, 0.2) is 5.82 Å². The highest BCUT2D eigenvalue weighted by Gasteiger charge is 2.20. The predicted molar refractivity (Wildman–Crippen MR) is 136 cm³/mol. The van der Waals surface area contributed by atoms with Gasteiger partial charge in [0.05, 0.1) is 17.5 Å². The van der Waals surface area contributed by atoms with E-state index in [4.69, 9.17) is 16.3 Å². The standard InChI is InChI=1S/C26H26ClF3N4O3/c1-15(10-31-14-33-7-6-18(12-33)26(4,5)36)24(17(3)28)34-16(2)8-22(23(27)25(34)35)37-13-21-20(30)9-19(29)11-32-21/h6-12,36H,3,13-14H2,1-2,4-5H3/b24-15+,31-10-. The summed E-state index contributed by atoms with van der Waals surface area (Å²) in [5.41, 5.74) is -0.830. The summed E-state index contributed by atoms with van der Waals surface area (Å²) in [6.45, 7) is 9.56. The molecule has 11 heteroatoms. The second-order valence-corrected chi connectivity index (χ2v) is 9.22. The zero-order valence-corrected chi connectivity index (χ0v) is 21.5. The number of aromatic nitrogens is 3. The maximum atomic E-state index is 14.6. The Hall–Kier alpha value is -3.63. The van der Waals surface area contributed by atoms with Gasteiger partial charge < -0.3 is 14.4 Å². The number of hydrogen-bond donors (Lipinski definition) is 1. The van der Waals surface area contributed by atoms with Gasteiger partial charge in [-0.05, 0) is 39.3 Å². The van der Waals surface area contributed by atoms with Gasteiger partial charge in [-0.15, -0.1) is 0 Å². The van der Waals surface area contributed by atoms with E-state index in [1.807, 2.05) is 0 Å². The highest BCUT2D eigenvalue weighted by atomic mass is 35.5. The molecule has 0 atom stereocenters. The minimum atomic E-state index is -0.999. The first-order chi connectivity index (χ1) is 17.3. The summed E-state index contributed by atoms with van der Waals surface area (Å²) in [6.07, 6.45) is 5.73. The van der Waals surface area contributed by atoms with Crippen LogP contribution in [0.5, 0.6) is 5.75 Å². The summed E-state index contributed by atoms with van der Waals surface area (Å²) >= 11 is 6.21. The van der Waals surface area contributed by atoms with Crippen LogP contribution in [0.4, 0.5) is 13.2 Å². The Morgan fingerprint density at radius 3 is 2.65 bits per heavy atom. The van der Waals surface area contributed by atoms with E-state index in [-0.39, 0.29) is 34.5 Å². The Morgan fingerprint density at radius 1 is 1.35 bits per heavy atom. The van der Waals surface area contributed by atoms with Crippen LogP contribution in [-0.2, 0) is 18.9 Å². The average Bonchev–Trinajstić information content (AvgIpc) is 3.28. The highest BCUT2D eigenvalue weighted by molar-refractivity contribution is 6.31. The number of aliphatic imine (C=N–C) groups is 1. The van der Waals surface area contributed by atoms with Crippen molar-refractivity contribution in [3.8, 4) is 5.75 Å². The van der Waals surface area contributed by atoms with Crippen LogP contribution in [0.1, 0.15) is 37.7 Å². The highest BCUT2D eigenvalue weighted by Crippen LogP contribution is 2.27. The third-order valence-corrected chi connectivity index (χ3v) is 5.74. The van der Waals surface area contributed by atoms with E-state index < -0.39 is 35.2 Å². The molecule has 3 rings (SSSR count). The van der Waals surface area contributed by atoms with Crippen LogP contribution in [0.15, 0.2) is 64.6 Å². The van der Waals surface area contributed by atoms with Crippen molar-refractivity contribution in [3.05, 3.63) is 98.7 Å². The van der Waals surface area contributed by atoms with Crippen molar-refractivity contribution in [3.63, 3.8) is 0 Å². The van der Waals surface area contributed by atoms with Crippen LogP contribution in [-0.4, -0.2) is 25.4 Å². The van der Waals surface area contributed by atoms with Crippen molar-refractivity contribution in [1.82, 2.24) is 14.1 Å². The molecule has 0 spiro atoms. The van der Waals surface area contributed by atoms with Gasteiger partial charge in [-0.2, -0.15) is 0 Å². The van der Waals surface area contributed by atoms with Gasteiger partial charge in [-0.3, -0.25) is 19.3 Å². The minimum Gasteiger partial charge on any atom is -0.485 e. The van der Waals surface area contributed by atoms with Gasteiger partial charge in [0.25, 0.3) is 5.56 Å². The van der Waals surface area contributed by atoms with Crippen LogP contribution < -0.4 is 10.3 Å². The zero-order valence-electron chi connectivity index (χ0n) is 20.7. The lowest BCUT2D eigenvalue weighted by Gasteiger charge is -2.17. The predicted octanol–water partition coefficient (Wildman–Crippen LogP) is 5.53. The molecule has 37 heavy (non-hydrogen) atoms. The number of pyridine rings is 2. The van der Waals surface area contributed by atoms with Gasteiger partial charge in [-0.1, -0.05) is 18.2 Å². The third-order valence-electron chi connectivity index (χ3n) is 5.39. The van der Waals surface area contributed by atoms with Gasteiger partial charge in [0, 0.05) is 42.0 Å². The van der Waals surface area contributed by atoms with Crippen LogP contribution in [0.25, 0.3) is 5.70 Å². The molecule has 0 aliphatic heterocycles. The second kappa shape index (κ2) is 11.2. The van der Waals surface area contributed by atoms with Crippen LogP contribution in [0, 0.1) is 18.6 Å². The lowest BCUT2D eigenvalue weighted by molar-refractivity contribution is 0.0785. The Balaban J connectivity index is 1.89. The lowest BCUT2D eigenvalue weighted by Crippen LogP contribution is -2.24. The Kier molecular flexibility index (Phi) is 8.45. The summed E-state index contributed by atoms with van der Waals surface area (Å²) in [6, 6.07) is 3.81. The number of halogens is 4. The fourth-order valence-corrected chi connectivity index (χ4v) is 3.69. The van der Waals surface area contributed by atoms with E-state index in [0.717, 1.165) is 10.8 Å². The molecule has 0 unspecified atom stereocenters. The van der Waals surface area contributed by atoms with E-state index in [1.165, 1.54) is 19.2 Å². The largest absolute Gasteiger partial charge is 0.485 e. The van der Waals surface area contributed by atoms with Crippen LogP contribution in [0.2, 0.25) is 5.02 Å². The van der Waals surface area contributed by atoms with Crippen LogP contribution >= 0.6 is 11.6 Å². The normalized spacial score (nSPS) is 12.7. The summed E-state index contributed by atoms with van der Waals surface area (Å²) in [7, 11) is 0. The summed E-state index contributed by atoms with van der Waals surface area (Å²) < 4.78 is 49.7. The number of nitrogens with zero attached hydrogens (tertiary/aromatic N) is 4. The monoisotopic (exact) mass is 534 g/mol. The topological polar surface area (TPSA) is 81.6 Å². The van der Waals surface area contributed by atoms with E-state index in [0.29, 0.717) is 17.2 Å². The molecule has 0 saturated carbocycles. The number of rotatable bonds is 9. The Bertz CT molecular complexity index is 1450. The van der Waals surface area contributed by atoms with Gasteiger partial charge in [0.1, 0.15) is 41.4 Å². The molecule has 0 aliphatic rings. The summed E-state index contributed by atoms with van der Waals surface area (Å²) in [5.74, 6) is -2.71. The number of aryl methyl sites for hydroxylation is 1. The first-order valence-corrected chi connectivity index (χ1v) is 11.5. The maximum Gasteiger partial charge on any atom is 0.277 e. The fourth-order valence-electron chi connectivity index (χ4n) is 3.49. The first-order valence-electron chi connectivity index (χ1n) is 11.1. The molecule has 3 aromatic rings. The molecule has 0 radical (unpaired) electrons. The molecule has 3 aromatic heterocycles. The summed E-state index contributed by atoms with van der Waals surface area (Å²) in [5, 5.41) is 9.72. The van der Waals surface area contributed by atoms with E-state index >= 15 is 0 Å². The Morgan fingerprint density at radius 2 is 2.05 bits per heavy atom. The lowest BCUT2D eigenvalue weighted by atomic mass is 10.0. The van der Waals surface area contributed by atoms with E-state index in [1.54, 1.807) is 43.8 Å². The van der Waals surface area contributed by atoms with Crippen molar-refractivity contribution in [2.75, 3.05) is 0 Å². The molecule has 0 bridgehead atoms. The summed E-state index contributed by atoms with van der Waals surface area (Å²) in [4.78, 5) is 21.0. The van der Waals surface area contributed by atoms with Crippen molar-refractivity contribution in [2.45, 2.75) is 46.6 Å². The average molecular weight is 535 g/mol. The number of hydrogen-bond acceptors (Lipinski definition) is 5. The molecule has 7 nitrogen and oxygen atoms in total. The Labute approximate surface area is 216 Å². The van der Waals surface area contributed by atoms with Crippen molar-refractivity contribution >= 4 is 23.5 Å². The zero-order chi connectivity index (χ0) is 27.5. The second-order valence-electron chi connectivity index (χ2n) is 8.84. The molecular weight excluding hydrogens is 509 g/mol. The minimum absolute atomic E-state index is 0.0729. The van der Waals surface area contributed by atoms with Crippen molar-refractivity contribution in [1.29, 1.82) is 0 Å². The van der Waals surface area contributed by atoms with Gasteiger partial charge >= 0.3 is 0 Å². The van der Waals surface area contributed by atoms with Crippen LogP contribution in [0.3, 0.4) is 0 Å². The molecule has 3 heterocycles.